The molecule has 4 rings (SSSR count). The predicted octanol–water partition coefficient (Wildman–Crippen LogP) is 5.15. The number of nitrogens with zero attached hydrogens (tertiary/aromatic N) is 2. The van der Waals surface area contributed by atoms with Gasteiger partial charge in [0.15, 0.2) is 0 Å². The first-order chi connectivity index (χ1) is 14.7. The van der Waals surface area contributed by atoms with Crippen LogP contribution < -0.4 is 15.4 Å². The van der Waals surface area contributed by atoms with E-state index in [-0.39, 0.29) is 5.91 Å². The fourth-order valence-electron chi connectivity index (χ4n) is 3.74. The minimum Gasteiger partial charge on any atom is -0.495 e. The van der Waals surface area contributed by atoms with E-state index >= 15 is 0 Å². The SMILES string of the molecule is COc1ccccc1NC(=O)c1ccc(-c2cnc(NC3CCCCC3)nc2)cc1. The normalized spacial score (nSPS) is 14.2. The van der Waals surface area contributed by atoms with Crippen molar-refractivity contribution in [2.24, 2.45) is 0 Å². The number of methoxy groups -OCH3 is 1. The minimum atomic E-state index is -0.186. The maximum atomic E-state index is 12.6. The monoisotopic (exact) mass is 402 g/mol. The topological polar surface area (TPSA) is 76.1 Å². The summed E-state index contributed by atoms with van der Waals surface area (Å²) in [6.07, 6.45) is 9.88. The smallest absolute Gasteiger partial charge is 0.255 e. The van der Waals surface area contributed by atoms with Gasteiger partial charge < -0.3 is 15.4 Å². The molecule has 1 fully saturated rings. The van der Waals surface area contributed by atoms with Gasteiger partial charge in [-0.15, -0.1) is 0 Å². The first-order valence-electron chi connectivity index (χ1n) is 10.4. The molecule has 0 bridgehead atoms. The Morgan fingerprint density at radius 3 is 2.33 bits per heavy atom. The van der Waals surface area contributed by atoms with Crippen LogP contribution in [0.2, 0.25) is 0 Å². The van der Waals surface area contributed by atoms with E-state index < -0.39 is 0 Å². The molecule has 1 aliphatic rings. The van der Waals surface area contributed by atoms with Crippen LogP contribution in [0.4, 0.5) is 11.6 Å². The molecule has 1 amide bonds. The first-order valence-corrected chi connectivity index (χ1v) is 10.4. The summed E-state index contributed by atoms with van der Waals surface area (Å²) in [6, 6.07) is 15.2. The van der Waals surface area contributed by atoms with Gasteiger partial charge in [-0.2, -0.15) is 0 Å². The first kappa shape index (κ1) is 19.9. The molecular formula is C24H26N4O2. The van der Waals surface area contributed by atoms with E-state index in [1.807, 2.05) is 48.8 Å². The second-order valence-electron chi connectivity index (χ2n) is 7.51. The van der Waals surface area contributed by atoms with E-state index in [1.54, 1.807) is 19.2 Å². The number of rotatable bonds is 6. The zero-order valence-electron chi connectivity index (χ0n) is 17.1. The van der Waals surface area contributed by atoms with Gasteiger partial charge in [0.25, 0.3) is 5.91 Å². The lowest BCUT2D eigenvalue weighted by Gasteiger charge is -2.22. The molecule has 1 aromatic heterocycles. The van der Waals surface area contributed by atoms with Crippen molar-refractivity contribution in [2.75, 3.05) is 17.7 Å². The van der Waals surface area contributed by atoms with Crippen molar-refractivity contribution >= 4 is 17.5 Å². The molecule has 0 unspecified atom stereocenters. The van der Waals surface area contributed by atoms with Crippen LogP contribution in [-0.4, -0.2) is 29.0 Å². The van der Waals surface area contributed by atoms with Crippen molar-refractivity contribution in [3.05, 3.63) is 66.5 Å². The van der Waals surface area contributed by atoms with Gasteiger partial charge >= 0.3 is 0 Å². The maximum Gasteiger partial charge on any atom is 0.255 e. The van der Waals surface area contributed by atoms with Gasteiger partial charge in [-0.3, -0.25) is 4.79 Å². The van der Waals surface area contributed by atoms with Gasteiger partial charge in [-0.05, 0) is 42.7 Å². The summed E-state index contributed by atoms with van der Waals surface area (Å²) in [4.78, 5) is 21.5. The Morgan fingerprint density at radius 1 is 0.933 bits per heavy atom. The van der Waals surface area contributed by atoms with Crippen molar-refractivity contribution in [1.29, 1.82) is 0 Å². The Labute approximate surface area is 176 Å². The van der Waals surface area contributed by atoms with Crippen LogP contribution in [0.1, 0.15) is 42.5 Å². The second-order valence-corrected chi connectivity index (χ2v) is 7.51. The Balaban J connectivity index is 1.41. The lowest BCUT2D eigenvalue weighted by molar-refractivity contribution is 0.102. The Bertz CT molecular complexity index is 981. The summed E-state index contributed by atoms with van der Waals surface area (Å²) in [7, 11) is 1.58. The van der Waals surface area contributed by atoms with Gasteiger partial charge in [-0.1, -0.05) is 43.5 Å². The van der Waals surface area contributed by atoms with Gasteiger partial charge in [0, 0.05) is 29.6 Å². The highest BCUT2D eigenvalue weighted by molar-refractivity contribution is 6.05. The zero-order valence-corrected chi connectivity index (χ0v) is 17.1. The van der Waals surface area contributed by atoms with Crippen molar-refractivity contribution < 1.29 is 9.53 Å². The van der Waals surface area contributed by atoms with Crippen LogP contribution in [0, 0.1) is 0 Å². The molecule has 2 N–H and O–H groups in total. The van der Waals surface area contributed by atoms with Gasteiger partial charge in [-0.25, -0.2) is 9.97 Å². The molecule has 1 saturated carbocycles. The number of hydrogen-bond acceptors (Lipinski definition) is 5. The summed E-state index contributed by atoms with van der Waals surface area (Å²) in [5.41, 5.74) is 3.10. The number of aromatic nitrogens is 2. The zero-order chi connectivity index (χ0) is 20.8. The molecule has 6 nitrogen and oxygen atoms in total. The lowest BCUT2D eigenvalue weighted by atomic mass is 9.96. The molecule has 3 aromatic rings. The molecule has 0 radical (unpaired) electrons. The molecule has 1 aliphatic carbocycles. The van der Waals surface area contributed by atoms with Crippen LogP contribution >= 0.6 is 0 Å². The fourth-order valence-corrected chi connectivity index (χ4v) is 3.74. The molecule has 1 heterocycles. The average Bonchev–Trinajstić information content (AvgIpc) is 2.81. The molecule has 0 aliphatic heterocycles. The highest BCUT2D eigenvalue weighted by atomic mass is 16.5. The third-order valence-corrected chi connectivity index (χ3v) is 5.43. The maximum absolute atomic E-state index is 12.6. The van der Waals surface area contributed by atoms with Crippen LogP contribution in [-0.2, 0) is 0 Å². The molecule has 154 valence electrons. The van der Waals surface area contributed by atoms with Crippen LogP contribution in [0.3, 0.4) is 0 Å². The van der Waals surface area contributed by atoms with Crippen molar-refractivity contribution in [1.82, 2.24) is 9.97 Å². The van der Waals surface area contributed by atoms with Gasteiger partial charge in [0.2, 0.25) is 5.95 Å². The number of hydrogen-bond donors (Lipinski definition) is 2. The molecule has 0 saturated heterocycles. The molecule has 2 aromatic carbocycles. The number of carbonyl (C=O) groups is 1. The lowest BCUT2D eigenvalue weighted by Crippen LogP contribution is -2.23. The van der Waals surface area contributed by atoms with E-state index in [0.717, 1.165) is 11.1 Å². The van der Waals surface area contributed by atoms with E-state index in [9.17, 15) is 4.79 Å². The third kappa shape index (κ3) is 4.76. The fraction of sp³-hybridized carbons (Fsp3) is 0.292. The summed E-state index contributed by atoms with van der Waals surface area (Å²) in [5, 5.41) is 6.32. The number of para-hydroxylation sites is 2. The van der Waals surface area contributed by atoms with E-state index in [1.165, 1.54) is 32.1 Å². The van der Waals surface area contributed by atoms with Crippen molar-refractivity contribution in [2.45, 2.75) is 38.1 Å². The second kappa shape index (κ2) is 9.39. The number of benzene rings is 2. The molecule has 0 atom stereocenters. The number of anilines is 2. The molecular weight excluding hydrogens is 376 g/mol. The number of ether oxygens (including phenoxy) is 1. The molecule has 6 heteroatoms. The number of nitrogens with one attached hydrogen (secondary N) is 2. The number of carbonyl (C=O) groups excluding carboxylic acids is 1. The largest absolute Gasteiger partial charge is 0.495 e. The van der Waals surface area contributed by atoms with Crippen LogP contribution in [0.15, 0.2) is 60.9 Å². The highest BCUT2D eigenvalue weighted by Gasteiger charge is 2.14. The van der Waals surface area contributed by atoms with E-state index in [0.29, 0.717) is 29.0 Å². The van der Waals surface area contributed by atoms with Crippen molar-refractivity contribution in [3.63, 3.8) is 0 Å². The Hall–Kier alpha value is -3.41. The van der Waals surface area contributed by atoms with Gasteiger partial charge in [0.05, 0.1) is 12.8 Å². The van der Waals surface area contributed by atoms with E-state index in [4.69, 9.17) is 4.74 Å². The Kier molecular flexibility index (Phi) is 6.23. The third-order valence-electron chi connectivity index (χ3n) is 5.43. The summed E-state index contributed by atoms with van der Waals surface area (Å²) < 4.78 is 5.28. The van der Waals surface area contributed by atoms with Crippen molar-refractivity contribution in [3.8, 4) is 16.9 Å². The van der Waals surface area contributed by atoms with Gasteiger partial charge in [0.1, 0.15) is 5.75 Å². The van der Waals surface area contributed by atoms with Crippen LogP contribution in [0.25, 0.3) is 11.1 Å². The molecule has 0 spiro atoms. The summed E-state index contributed by atoms with van der Waals surface area (Å²) in [6.45, 7) is 0. The minimum absolute atomic E-state index is 0.186. The number of amides is 1. The highest BCUT2D eigenvalue weighted by Crippen LogP contribution is 2.25. The summed E-state index contributed by atoms with van der Waals surface area (Å²) in [5.74, 6) is 1.12. The molecule has 30 heavy (non-hydrogen) atoms. The quantitative estimate of drug-likeness (QED) is 0.596. The van der Waals surface area contributed by atoms with Crippen LogP contribution in [0.5, 0.6) is 5.75 Å². The predicted molar refractivity (Wildman–Crippen MR) is 119 cm³/mol. The Morgan fingerprint density at radius 2 is 1.63 bits per heavy atom. The van der Waals surface area contributed by atoms with E-state index in [2.05, 4.69) is 20.6 Å². The standard InChI is InChI=1S/C24H26N4O2/c1-30-22-10-6-5-9-21(22)28-23(29)18-13-11-17(12-14-18)19-15-25-24(26-16-19)27-20-7-3-2-4-8-20/h5-6,9-16,20H,2-4,7-8H2,1H3,(H,28,29)(H,25,26,27). The average molecular weight is 402 g/mol. The summed E-state index contributed by atoms with van der Waals surface area (Å²) >= 11 is 0.